The highest BCUT2D eigenvalue weighted by Gasteiger charge is 2.23. The summed E-state index contributed by atoms with van der Waals surface area (Å²) in [5, 5.41) is 8.33. The highest BCUT2D eigenvalue weighted by Crippen LogP contribution is 2.08. The second-order valence-electron chi connectivity index (χ2n) is 1.94. The van der Waals surface area contributed by atoms with Crippen molar-refractivity contribution in [3.63, 3.8) is 0 Å². The van der Waals surface area contributed by atoms with Crippen LogP contribution in [0.2, 0.25) is 0 Å². The van der Waals surface area contributed by atoms with Crippen molar-refractivity contribution in [3.8, 4) is 6.07 Å². The van der Waals surface area contributed by atoms with E-state index < -0.39 is 0 Å². The van der Waals surface area contributed by atoms with E-state index in [9.17, 15) is 0 Å². The predicted octanol–water partition coefficient (Wildman–Crippen LogP) is -0.516. The number of ether oxygens (including phenoxy) is 1. The van der Waals surface area contributed by atoms with E-state index in [4.69, 9.17) is 15.7 Å². The number of hydrogen-bond acceptors (Lipinski definition) is 3. The van der Waals surface area contributed by atoms with Crippen LogP contribution in [0.3, 0.4) is 0 Å². The minimum atomic E-state index is -0.0741. The molecule has 0 spiro atoms. The third-order valence-corrected chi connectivity index (χ3v) is 1.29. The van der Waals surface area contributed by atoms with Gasteiger partial charge in [-0.05, 0) is 0 Å². The Balaban J connectivity index is 2.45. The molecule has 0 unspecified atom stereocenters. The summed E-state index contributed by atoms with van der Waals surface area (Å²) >= 11 is 0. The molecule has 1 aliphatic rings. The number of nitrogens with two attached hydrogens (primary N) is 1. The molecule has 3 heteroatoms. The highest BCUT2D eigenvalue weighted by atomic mass is 16.5. The molecule has 1 heterocycles. The Bertz CT molecular complexity index is 118. The van der Waals surface area contributed by atoms with Crippen LogP contribution in [-0.2, 0) is 4.74 Å². The van der Waals surface area contributed by atoms with Crippen LogP contribution in [0.15, 0.2) is 0 Å². The van der Waals surface area contributed by atoms with Gasteiger partial charge in [0.15, 0.2) is 0 Å². The van der Waals surface area contributed by atoms with Gasteiger partial charge in [-0.2, -0.15) is 5.26 Å². The molecule has 0 amide bonds. The van der Waals surface area contributed by atoms with Gasteiger partial charge in [0, 0.05) is 6.04 Å². The Hall–Kier alpha value is -0.590. The average Bonchev–Trinajstić information content (AvgIpc) is 2.14. The first kappa shape index (κ1) is 5.54. The van der Waals surface area contributed by atoms with Gasteiger partial charge < -0.3 is 10.5 Å². The highest BCUT2D eigenvalue weighted by molar-refractivity contribution is 4.93. The Labute approximate surface area is 48.0 Å². The smallest absolute Gasteiger partial charge is 0.0870 e. The average molecular weight is 112 g/mol. The van der Waals surface area contributed by atoms with E-state index in [2.05, 4.69) is 6.07 Å². The first-order valence-electron chi connectivity index (χ1n) is 2.57. The molecule has 0 radical (unpaired) electrons. The molecule has 0 bridgehead atoms. The van der Waals surface area contributed by atoms with Crippen molar-refractivity contribution in [2.45, 2.75) is 6.04 Å². The second-order valence-corrected chi connectivity index (χ2v) is 1.94. The number of nitriles is 1. The Morgan fingerprint density at radius 3 is 2.62 bits per heavy atom. The Kier molecular flexibility index (Phi) is 1.47. The molecule has 2 N–H and O–H groups in total. The van der Waals surface area contributed by atoms with Gasteiger partial charge in [0.05, 0.1) is 25.2 Å². The lowest BCUT2D eigenvalue weighted by atomic mass is 10.1. The van der Waals surface area contributed by atoms with Crippen LogP contribution in [-0.4, -0.2) is 19.3 Å². The fourth-order valence-corrected chi connectivity index (χ4v) is 0.704. The SMILES string of the molecule is N#C[C@H]1COC[C@H]1N. The van der Waals surface area contributed by atoms with Crippen molar-refractivity contribution in [2.75, 3.05) is 13.2 Å². The summed E-state index contributed by atoms with van der Waals surface area (Å²) in [5.41, 5.74) is 5.44. The third-order valence-electron chi connectivity index (χ3n) is 1.29. The minimum absolute atomic E-state index is 0.0556. The molecule has 0 saturated carbocycles. The zero-order chi connectivity index (χ0) is 5.98. The van der Waals surface area contributed by atoms with Crippen LogP contribution >= 0.6 is 0 Å². The number of rotatable bonds is 0. The van der Waals surface area contributed by atoms with Crippen LogP contribution in [0.5, 0.6) is 0 Å². The molecule has 1 aliphatic heterocycles. The fraction of sp³-hybridized carbons (Fsp3) is 0.800. The largest absolute Gasteiger partial charge is 0.378 e. The molecule has 0 aromatic carbocycles. The molecule has 2 atom stereocenters. The topological polar surface area (TPSA) is 59.0 Å². The lowest BCUT2D eigenvalue weighted by molar-refractivity contribution is 0.189. The molecule has 0 aromatic heterocycles. The second kappa shape index (κ2) is 2.12. The molecule has 1 rings (SSSR count). The summed E-state index contributed by atoms with van der Waals surface area (Å²) in [6, 6.07) is 2.01. The zero-order valence-corrected chi connectivity index (χ0v) is 4.50. The van der Waals surface area contributed by atoms with Crippen molar-refractivity contribution in [3.05, 3.63) is 0 Å². The van der Waals surface area contributed by atoms with Gasteiger partial charge in [0.25, 0.3) is 0 Å². The Morgan fingerprint density at radius 1 is 1.62 bits per heavy atom. The Morgan fingerprint density at radius 2 is 2.38 bits per heavy atom. The summed E-state index contributed by atoms with van der Waals surface area (Å²) in [4.78, 5) is 0. The van der Waals surface area contributed by atoms with Gasteiger partial charge in [0.1, 0.15) is 0 Å². The normalized spacial score (nSPS) is 37.0. The van der Waals surface area contributed by atoms with Crippen molar-refractivity contribution in [1.82, 2.24) is 0 Å². The first-order valence-corrected chi connectivity index (χ1v) is 2.57. The van der Waals surface area contributed by atoms with Gasteiger partial charge >= 0.3 is 0 Å². The maximum absolute atomic E-state index is 8.33. The van der Waals surface area contributed by atoms with Crippen molar-refractivity contribution >= 4 is 0 Å². The molecular formula is C5H8N2O. The molecule has 0 aromatic rings. The van der Waals surface area contributed by atoms with E-state index in [0.717, 1.165) is 0 Å². The standard InChI is InChI=1S/C5H8N2O/c6-1-4-2-8-3-5(4)7/h4-5H,2-3,7H2/t4-,5+/m0/s1. The van der Waals surface area contributed by atoms with Gasteiger partial charge in [0.2, 0.25) is 0 Å². The van der Waals surface area contributed by atoms with Gasteiger partial charge in [-0.15, -0.1) is 0 Å². The monoisotopic (exact) mass is 112 g/mol. The maximum Gasteiger partial charge on any atom is 0.0870 e. The maximum atomic E-state index is 8.33. The lowest BCUT2D eigenvalue weighted by Gasteiger charge is -1.99. The van der Waals surface area contributed by atoms with E-state index in [-0.39, 0.29) is 12.0 Å². The molecule has 44 valence electrons. The third kappa shape index (κ3) is 0.808. The molecule has 1 fully saturated rings. The van der Waals surface area contributed by atoms with Gasteiger partial charge in [-0.1, -0.05) is 0 Å². The fourth-order valence-electron chi connectivity index (χ4n) is 0.704. The van der Waals surface area contributed by atoms with E-state index in [0.29, 0.717) is 13.2 Å². The van der Waals surface area contributed by atoms with E-state index in [1.165, 1.54) is 0 Å². The van der Waals surface area contributed by atoms with Crippen molar-refractivity contribution < 1.29 is 4.74 Å². The molecule has 3 nitrogen and oxygen atoms in total. The summed E-state index contributed by atoms with van der Waals surface area (Å²) in [6.45, 7) is 1.05. The molecule has 8 heavy (non-hydrogen) atoms. The van der Waals surface area contributed by atoms with Crippen LogP contribution in [0.4, 0.5) is 0 Å². The molecular weight excluding hydrogens is 104 g/mol. The minimum Gasteiger partial charge on any atom is -0.378 e. The summed E-state index contributed by atoms with van der Waals surface area (Å²) in [5.74, 6) is -0.0741. The van der Waals surface area contributed by atoms with E-state index in [1.54, 1.807) is 0 Å². The van der Waals surface area contributed by atoms with E-state index >= 15 is 0 Å². The first-order chi connectivity index (χ1) is 3.84. The number of nitrogens with zero attached hydrogens (tertiary/aromatic N) is 1. The van der Waals surface area contributed by atoms with E-state index in [1.807, 2.05) is 0 Å². The summed E-state index contributed by atoms with van der Waals surface area (Å²) in [6.07, 6.45) is 0. The lowest BCUT2D eigenvalue weighted by Crippen LogP contribution is -2.27. The predicted molar refractivity (Wildman–Crippen MR) is 27.9 cm³/mol. The van der Waals surface area contributed by atoms with Crippen LogP contribution < -0.4 is 5.73 Å². The summed E-state index contributed by atoms with van der Waals surface area (Å²) in [7, 11) is 0. The number of hydrogen-bond donors (Lipinski definition) is 1. The van der Waals surface area contributed by atoms with Crippen LogP contribution in [0.1, 0.15) is 0 Å². The van der Waals surface area contributed by atoms with Gasteiger partial charge in [-0.25, -0.2) is 0 Å². The van der Waals surface area contributed by atoms with Crippen molar-refractivity contribution in [1.29, 1.82) is 5.26 Å². The van der Waals surface area contributed by atoms with Crippen molar-refractivity contribution in [2.24, 2.45) is 11.7 Å². The van der Waals surface area contributed by atoms with Gasteiger partial charge in [-0.3, -0.25) is 0 Å². The van der Waals surface area contributed by atoms with Crippen LogP contribution in [0, 0.1) is 17.2 Å². The molecule has 1 saturated heterocycles. The zero-order valence-electron chi connectivity index (χ0n) is 4.50. The van der Waals surface area contributed by atoms with Crippen LogP contribution in [0.25, 0.3) is 0 Å². The molecule has 0 aliphatic carbocycles. The summed E-state index contributed by atoms with van der Waals surface area (Å²) < 4.78 is 4.91. The quantitative estimate of drug-likeness (QED) is 0.459.